The van der Waals surface area contributed by atoms with E-state index in [4.69, 9.17) is 0 Å². The molecule has 5 nitrogen and oxygen atoms in total. The molecule has 1 atom stereocenters. The first-order valence-electron chi connectivity index (χ1n) is 7.98. The second kappa shape index (κ2) is 10.0. The Morgan fingerprint density at radius 3 is 2.52 bits per heavy atom. The maximum Gasteiger partial charge on any atom is 0.341 e. The normalized spacial score (nSPS) is 17.8. The Hall–Kier alpha value is -1.25. The summed E-state index contributed by atoms with van der Waals surface area (Å²) in [5, 5.41) is 6.16. The fraction of sp³-hybridized carbons (Fsp3) is 0.562. The minimum Gasteiger partial charge on any atom is -0.356 e. The molecule has 1 heterocycles. The van der Waals surface area contributed by atoms with Crippen molar-refractivity contribution in [2.24, 2.45) is 5.92 Å². The maximum absolute atomic E-state index is 12.4. The van der Waals surface area contributed by atoms with Crippen LogP contribution in [0.25, 0.3) is 0 Å². The molecule has 0 bridgehead atoms. The van der Waals surface area contributed by atoms with Crippen molar-refractivity contribution in [3.8, 4) is 0 Å². The molecule has 0 aromatic heterocycles. The lowest BCUT2D eigenvalue weighted by Gasteiger charge is -2.22. The lowest BCUT2D eigenvalue weighted by Crippen LogP contribution is -2.33. The van der Waals surface area contributed by atoms with Crippen molar-refractivity contribution < 1.29 is 22.0 Å². The van der Waals surface area contributed by atoms with E-state index in [1.807, 2.05) is 0 Å². The molecule has 0 aliphatic carbocycles. The second-order valence-electron chi connectivity index (χ2n) is 5.98. The number of rotatable bonds is 7. The van der Waals surface area contributed by atoms with Gasteiger partial charge in [0.1, 0.15) is 0 Å². The zero-order valence-electron chi connectivity index (χ0n) is 13.7. The summed E-state index contributed by atoms with van der Waals surface area (Å²) in [7, 11) is -4.59. The molecule has 1 aliphatic heterocycles. The van der Waals surface area contributed by atoms with Crippen LogP contribution in [0.15, 0.2) is 29.2 Å². The van der Waals surface area contributed by atoms with Gasteiger partial charge in [-0.05, 0) is 56.0 Å². The maximum atomic E-state index is 12.4. The highest BCUT2D eigenvalue weighted by Gasteiger charge is 2.26. The van der Waals surface area contributed by atoms with Gasteiger partial charge < -0.3 is 10.6 Å². The van der Waals surface area contributed by atoms with Crippen molar-refractivity contribution in [3.63, 3.8) is 0 Å². The summed E-state index contributed by atoms with van der Waals surface area (Å²) in [6, 6.07) is 5.00. The zero-order chi connectivity index (χ0) is 17.6. The third-order valence-corrected chi connectivity index (χ3v) is 5.52. The Bertz CT molecular complexity index is 648. The van der Waals surface area contributed by atoms with Crippen LogP contribution in [0.4, 0.5) is 8.78 Å². The van der Waals surface area contributed by atoms with Crippen LogP contribution in [-0.2, 0) is 21.1 Å². The van der Waals surface area contributed by atoms with Gasteiger partial charge in [0.05, 0.1) is 11.3 Å². The van der Waals surface area contributed by atoms with E-state index in [0.717, 1.165) is 38.1 Å². The Morgan fingerprint density at radius 1 is 1.28 bits per heavy atom. The monoisotopic (exact) mass is 396 g/mol. The number of sulfone groups is 1. The van der Waals surface area contributed by atoms with Crippen LogP contribution in [0.1, 0.15) is 24.8 Å². The van der Waals surface area contributed by atoms with Gasteiger partial charge in [-0.1, -0.05) is 12.1 Å². The molecule has 0 radical (unpaired) electrons. The standard InChI is InChI=1S/C16H22F2N2O3S.ClH/c17-16(18)24(22,23)14-5-3-12(4-6-14)10-15(21)20-9-7-13-2-1-8-19-11-13;/h3-6,13,16,19H,1-2,7-11H2,(H,20,21);1H. The van der Waals surface area contributed by atoms with Gasteiger partial charge in [0, 0.05) is 6.54 Å². The molecule has 2 N–H and O–H groups in total. The number of amides is 1. The predicted molar refractivity (Wildman–Crippen MR) is 93.8 cm³/mol. The first-order chi connectivity index (χ1) is 11.4. The fourth-order valence-electron chi connectivity index (χ4n) is 2.73. The number of alkyl halides is 2. The van der Waals surface area contributed by atoms with Crippen LogP contribution in [0.3, 0.4) is 0 Å². The molecule has 1 unspecified atom stereocenters. The number of benzene rings is 1. The highest BCUT2D eigenvalue weighted by atomic mass is 35.5. The second-order valence-corrected chi connectivity index (χ2v) is 7.90. The molecular formula is C16H23ClF2N2O3S. The van der Waals surface area contributed by atoms with Crippen LogP contribution in [0, 0.1) is 5.92 Å². The molecule has 1 fully saturated rings. The number of halogens is 3. The van der Waals surface area contributed by atoms with E-state index in [0.29, 0.717) is 18.0 Å². The Morgan fingerprint density at radius 2 is 1.96 bits per heavy atom. The summed E-state index contributed by atoms with van der Waals surface area (Å²) in [5.74, 6) is -3.03. The van der Waals surface area contributed by atoms with Gasteiger partial charge in [-0.25, -0.2) is 8.42 Å². The first kappa shape index (κ1) is 21.8. The highest BCUT2D eigenvalue weighted by Crippen LogP contribution is 2.18. The molecular weight excluding hydrogens is 374 g/mol. The smallest absolute Gasteiger partial charge is 0.341 e. The van der Waals surface area contributed by atoms with Gasteiger partial charge in [-0.2, -0.15) is 8.78 Å². The van der Waals surface area contributed by atoms with E-state index in [9.17, 15) is 22.0 Å². The molecule has 1 aromatic rings. The number of carbonyl (C=O) groups excluding carboxylic acids is 1. The molecule has 0 spiro atoms. The summed E-state index contributed by atoms with van der Waals surface area (Å²) in [5.41, 5.74) is 0.583. The Labute approximate surface area is 152 Å². The lowest BCUT2D eigenvalue weighted by atomic mass is 9.96. The molecule has 1 saturated heterocycles. The van der Waals surface area contributed by atoms with Crippen molar-refractivity contribution in [2.75, 3.05) is 19.6 Å². The molecule has 1 aromatic carbocycles. The summed E-state index contributed by atoms with van der Waals surface area (Å²) >= 11 is 0. The first-order valence-corrected chi connectivity index (χ1v) is 9.52. The Kier molecular flexibility index (Phi) is 8.75. The van der Waals surface area contributed by atoms with Crippen LogP contribution in [0.5, 0.6) is 0 Å². The number of piperidine rings is 1. The minimum atomic E-state index is -4.59. The molecule has 2 rings (SSSR count). The lowest BCUT2D eigenvalue weighted by molar-refractivity contribution is -0.120. The van der Waals surface area contributed by atoms with Crippen molar-refractivity contribution in [3.05, 3.63) is 29.8 Å². The van der Waals surface area contributed by atoms with Crippen LogP contribution in [0.2, 0.25) is 0 Å². The summed E-state index contributed by atoms with van der Waals surface area (Å²) in [4.78, 5) is 11.4. The van der Waals surface area contributed by atoms with E-state index in [2.05, 4.69) is 10.6 Å². The van der Waals surface area contributed by atoms with Gasteiger partial charge in [0.15, 0.2) is 0 Å². The average Bonchev–Trinajstić information content (AvgIpc) is 2.56. The van der Waals surface area contributed by atoms with E-state index in [1.165, 1.54) is 18.6 Å². The number of hydrogen-bond acceptors (Lipinski definition) is 4. The minimum absolute atomic E-state index is 0. The quantitative estimate of drug-likeness (QED) is 0.740. The van der Waals surface area contributed by atoms with E-state index in [1.54, 1.807) is 0 Å². The molecule has 25 heavy (non-hydrogen) atoms. The molecule has 142 valence electrons. The van der Waals surface area contributed by atoms with E-state index >= 15 is 0 Å². The zero-order valence-corrected chi connectivity index (χ0v) is 15.3. The van der Waals surface area contributed by atoms with Crippen molar-refractivity contribution in [1.29, 1.82) is 0 Å². The molecule has 9 heteroatoms. The molecule has 0 saturated carbocycles. The van der Waals surface area contributed by atoms with Crippen molar-refractivity contribution in [1.82, 2.24) is 10.6 Å². The van der Waals surface area contributed by atoms with E-state index in [-0.39, 0.29) is 24.7 Å². The summed E-state index contributed by atoms with van der Waals surface area (Å²) in [6.07, 6.45) is 3.34. The topological polar surface area (TPSA) is 75.3 Å². The average molecular weight is 397 g/mol. The van der Waals surface area contributed by atoms with Gasteiger partial charge >= 0.3 is 5.76 Å². The predicted octanol–water partition coefficient (Wildman–Crippen LogP) is 2.15. The third-order valence-electron chi connectivity index (χ3n) is 4.12. The van der Waals surface area contributed by atoms with Crippen LogP contribution < -0.4 is 10.6 Å². The van der Waals surface area contributed by atoms with Crippen LogP contribution in [-0.4, -0.2) is 39.7 Å². The molecule has 1 amide bonds. The van der Waals surface area contributed by atoms with Gasteiger partial charge in [-0.3, -0.25) is 4.79 Å². The largest absolute Gasteiger partial charge is 0.356 e. The fourth-order valence-corrected chi connectivity index (χ4v) is 3.46. The van der Waals surface area contributed by atoms with Crippen molar-refractivity contribution in [2.45, 2.75) is 36.3 Å². The summed E-state index contributed by atoms with van der Waals surface area (Å²) < 4.78 is 47.5. The van der Waals surface area contributed by atoms with Gasteiger partial charge in [0.25, 0.3) is 0 Å². The Balaban J connectivity index is 0.00000312. The van der Waals surface area contributed by atoms with Gasteiger partial charge in [-0.15, -0.1) is 12.4 Å². The van der Waals surface area contributed by atoms with Crippen LogP contribution >= 0.6 is 12.4 Å². The number of nitrogens with one attached hydrogen (secondary N) is 2. The number of hydrogen-bond donors (Lipinski definition) is 2. The highest BCUT2D eigenvalue weighted by molar-refractivity contribution is 7.91. The SMILES string of the molecule is Cl.O=C(Cc1ccc(S(=O)(=O)C(F)F)cc1)NCCC1CCCNC1. The number of carbonyl (C=O) groups is 1. The third kappa shape index (κ3) is 6.52. The van der Waals surface area contributed by atoms with Gasteiger partial charge in [0.2, 0.25) is 15.7 Å². The summed E-state index contributed by atoms with van der Waals surface area (Å²) in [6.45, 7) is 2.64. The van der Waals surface area contributed by atoms with Crippen molar-refractivity contribution >= 4 is 28.2 Å². The molecule has 1 aliphatic rings. The van der Waals surface area contributed by atoms with E-state index < -0.39 is 20.5 Å².